The van der Waals surface area contributed by atoms with E-state index in [2.05, 4.69) is 27.3 Å². The summed E-state index contributed by atoms with van der Waals surface area (Å²) in [6.45, 7) is 0.308. The fraction of sp³-hybridized carbons (Fsp3) is 0.0714. The molecule has 0 saturated carbocycles. The van der Waals surface area contributed by atoms with Gasteiger partial charge in [-0.1, -0.05) is 39.1 Å². The Morgan fingerprint density at radius 1 is 1.25 bits per heavy atom. The van der Waals surface area contributed by atoms with Crippen LogP contribution in [0.5, 0.6) is 5.75 Å². The van der Waals surface area contributed by atoms with Gasteiger partial charge in [-0.2, -0.15) is 5.26 Å². The van der Waals surface area contributed by atoms with Crippen LogP contribution in [0.15, 0.2) is 34.8 Å². The van der Waals surface area contributed by atoms with Crippen LogP contribution in [0.1, 0.15) is 11.1 Å². The van der Waals surface area contributed by atoms with Gasteiger partial charge in [0.15, 0.2) is 0 Å². The third-order valence-corrected chi connectivity index (χ3v) is 3.68. The summed E-state index contributed by atoms with van der Waals surface area (Å²) in [5.41, 5.74) is 1.74. The first-order chi connectivity index (χ1) is 9.51. The summed E-state index contributed by atoms with van der Waals surface area (Å²) in [6, 6.07) is 10.5. The molecular formula is C14H9BrCl2N2O. The van der Waals surface area contributed by atoms with Crippen molar-refractivity contribution in [1.29, 1.82) is 5.26 Å². The standard InChI is InChI=1S/C14H9BrCl2N2O/c15-10-1-2-13(8(3-10)6-18)19-7-9-4-11(16)5-12(17)14(9)20/h1-5,19-20H,7H2. The lowest BCUT2D eigenvalue weighted by atomic mass is 10.1. The average Bonchev–Trinajstić information content (AvgIpc) is 2.42. The van der Waals surface area contributed by atoms with Gasteiger partial charge in [0.25, 0.3) is 0 Å². The molecule has 0 heterocycles. The summed E-state index contributed by atoms with van der Waals surface area (Å²) in [5.74, 6) is -0.0146. The molecule has 0 atom stereocenters. The Morgan fingerprint density at radius 2 is 2.00 bits per heavy atom. The van der Waals surface area contributed by atoms with E-state index in [0.29, 0.717) is 28.4 Å². The van der Waals surface area contributed by atoms with Crippen LogP contribution in [0.2, 0.25) is 10.0 Å². The second-order valence-corrected chi connectivity index (χ2v) is 5.81. The molecule has 0 bridgehead atoms. The molecule has 20 heavy (non-hydrogen) atoms. The first-order valence-electron chi connectivity index (χ1n) is 5.61. The van der Waals surface area contributed by atoms with Crippen molar-refractivity contribution in [2.24, 2.45) is 0 Å². The Kier molecular flexibility index (Phi) is 4.77. The molecule has 0 unspecified atom stereocenters. The van der Waals surface area contributed by atoms with E-state index in [1.165, 1.54) is 6.07 Å². The van der Waals surface area contributed by atoms with Crippen molar-refractivity contribution in [1.82, 2.24) is 0 Å². The number of anilines is 1. The van der Waals surface area contributed by atoms with Crippen molar-refractivity contribution in [3.63, 3.8) is 0 Å². The summed E-state index contributed by atoms with van der Waals surface area (Å²) in [5, 5.41) is 22.7. The van der Waals surface area contributed by atoms with Crippen LogP contribution in [0, 0.1) is 11.3 Å². The Labute approximate surface area is 134 Å². The van der Waals surface area contributed by atoms with E-state index in [4.69, 9.17) is 28.5 Å². The number of aromatic hydroxyl groups is 1. The van der Waals surface area contributed by atoms with Crippen molar-refractivity contribution >= 4 is 44.8 Å². The number of hydrogen-bond acceptors (Lipinski definition) is 3. The van der Waals surface area contributed by atoms with Gasteiger partial charge in [0.05, 0.1) is 16.3 Å². The van der Waals surface area contributed by atoms with Crippen molar-refractivity contribution in [2.75, 3.05) is 5.32 Å². The van der Waals surface area contributed by atoms with E-state index in [9.17, 15) is 5.11 Å². The molecule has 0 amide bonds. The number of hydrogen-bond donors (Lipinski definition) is 2. The molecule has 0 spiro atoms. The zero-order chi connectivity index (χ0) is 14.7. The number of phenols is 1. The van der Waals surface area contributed by atoms with Crippen LogP contribution >= 0.6 is 39.1 Å². The summed E-state index contributed by atoms with van der Waals surface area (Å²) in [7, 11) is 0. The highest BCUT2D eigenvalue weighted by Crippen LogP contribution is 2.32. The Balaban J connectivity index is 2.24. The lowest BCUT2D eigenvalue weighted by molar-refractivity contribution is 0.469. The first-order valence-corrected chi connectivity index (χ1v) is 7.16. The molecule has 0 fully saturated rings. The smallest absolute Gasteiger partial charge is 0.139 e. The maximum absolute atomic E-state index is 9.87. The third kappa shape index (κ3) is 3.37. The number of phenolic OH excluding ortho intramolecular Hbond substituents is 1. The molecule has 102 valence electrons. The van der Waals surface area contributed by atoms with E-state index in [0.717, 1.165) is 4.47 Å². The molecule has 0 saturated heterocycles. The molecule has 2 rings (SSSR count). The van der Waals surface area contributed by atoms with Crippen molar-refractivity contribution in [3.05, 3.63) is 56.0 Å². The second-order valence-electron chi connectivity index (χ2n) is 4.05. The molecule has 0 aliphatic heterocycles. The summed E-state index contributed by atoms with van der Waals surface area (Å²) >= 11 is 15.1. The van der Waals surface area contributed by atoms with Crippen LogP contribution in [-0.4, -0.2) is 5.11 Å². The number of nitriles is 1. The van der Waals surface area contributed by atoms with Crippen LogP contribution in [0.3, 0.4) is 0 Å². The predicted octanol–water partition coefficient (Wildman–Crippen LogP) is 4.95. The zero-order valence-corrected chi connectivity index (χ0v) is 13.2. The molecule has 6 heteroatoms. The average molecular weight is 372 g/mol. The molecule has 2 N–H and O–H groups in total. The van der Waals surface area contributed by atoms with Gasteiger partial charge in [0.1, 0.15) is 11.8 Å². The normalized spacial score (nSPS) is 10.1. The van der Waals surface area contributed by atoms with Crippen LogP contribution in [0.25, 0.3) is 0 Å². The highest BCUT2D eigenvalue weighted by molar-refractivity contribution is 9.10. The molecule has 0 aromatic heterocycles. The highest BCUT2D eigenvalue weighted by Gasteiger charge is 2.09. The van der Waals surface area contributed by atoms with E-state index >= 15 is 0 Å². The molecule has 0 aliphatic rings. The highest BCUT2D eigenvalue weighted by atomic mass is 79.9. The number of rotatable bonds is 3. The maximum Gasteiger partial charge on any atom is 0.139 e. The quantitative estimate of drug-likeness (QED) is 0.802. The largest absolute Gasteiger partial charge is 0.506 e. The van der Waals surface area contributed by atoms with E-state index < -0.39 is 0 Å². The van der Waals surface area contributed by atoms with Gasteiger partial charge in [0, 0.05) is 21.6 Å². The SMILES string of the molecule is N#Cc1cc(Br)ccc1NCc1cc(Cl)cc(Cl)c1O. The zero-order valence-electron chi connectivity index (χ0n) is 10.1. The number of nitrogens with zero attached hydrogens (tertiary/aromatic N) is 1. The van der Waals surface area contributed by atoms with Gasteiger partial charge in [-0.25, -0.2) is 0 Å². The number of nitrogens with one attached hydrogen (secondary N) is 1. The van der Waals surface area contributed by atoms with Crippen molar-refractivity contribution in [2.45, 2.75) is 6.54 Å². The maximum atomic E-state index is 9.87. The van der Waals surface area contributed by atoms with Gasteiger partial charge in [-0.15, -0.1) is 0 Å². The van der Waals surface area contributed by atoms with Gasteiger partial charge in [0.2, 0.25) is 0 Å². The monoisotopic (exact) mass is 370 g/mol. The summed E-state index contributed by atoms with van der Waals surface area (Å²) < 4.78 is 0.827. The van der Waals surface area contributed by atoms with Crippen LogP contribution in [-0.2, 0) is 6.54 Å². The lowest BCUT2D eigenvalue weighted by Gasteiger charge is -2.11. The van der Waals surface area contributed by atoms with Crippen molar-refractivity contribution in [3.8, 4) is 11.8 Å². The summed E-state index contributed by atoms with van der Waals surface area (Å²) in [6.07, 6.45) is 0. The van der Waals surface area contributed by atoms with Crippen LogP contribution < -0.4 is 5.32 Å². The van der Waals surface area contributed by atoms with E-state index in [-0.39, 0.29) is 10.8 Å². The molecule has 2 aromatic carbocycles. The van der Waals surface area contributed by atoms with Gasteiger partial charge < -0.3 is 10.4 Å². The first kappa shape index (κ1) is 15.0. The molecule has 0 radical (unpaired) electrons. The molecule has 0 aliphatic carbocycles. The van der Waals surface area contributed by atoms with Gasteiger partial charge >= 0.3 is 0 Å². The Bertz CT molecular complexity index is 698. The minimum atomic E-state index is -0.0146. The number of benzene rings is 2. The summed E-state index contributed by atoms with van der Waals surface area (Å²) in [4.78, 5) is 0. The minimum Gasteiger partial charge on any atom is -0.506 e. The van der Waals surface area contributed by atoms with Crippen LogP contribution in [0.4, 0.5) is 5.69 Å². The van der Waals surface area contributed by atoms with Gasteiger partial charge in [-0.05, 0) is 30.3 Å². The minimum absolute atomic E-state index is 0.0146. The topological polar surface area (TPSA) is 56.0 Å². The van der Waals surface area contributed by atoms with Crippen molar-refractivity contribution < 1.29 is 5.11 Å². The second kappa shape index (κ2) is 6.36. The lowest BCUT2D eigenvalue weighted by Crippen LogP contribution is -2.02. The van der Waals surface area contributed by atoms with E-state index in [1.807, 2.05) is 6.07 Å². The number of halogens is 3. The predicted molar refractivity (Wildman–Crippen MR) is 84.3 cm³/mol. The van der Waals surface area contributed by atoms with E-state index in [1.54, 1.807) is 18.2 Å². The molecule has 3 nitrogen and oxygen atoms in total. The molecule has 2 aromatic rings. The fourth-order valence-corrected chi connectivity index (χ4v) is 2.60. The molecular weight excluding hydrogens is 363 g/mol. The van der Waals surface area contributed by atoms with Gasteiger partial charge in [-0.3, -0.25) is 0 Å². The third-order valence-electron chi connectivity index (χ3n) is 2.68. The Morgan fingerprint density at radius 3 is 2.70 bits per heavy atom. The Hall–Kier alpha value is -1.41. The fourth-order valence-electron chi connectivity index (χ4n) is 1.71.